The van der Waals surface area contributed by atoms with E-state index < -0.39 is 0 Å². The maximum atomic E-state index is 8.77. The van der Waals surface area contributed by atoms with Crippen LogP contribution in [0.15, 0.2) is 24.3 Å². The van der Waals surface area contributed by atoms with Crippen LogP contribution in [0.3, 0.4) is 0 Å². The molecule has 1 rings (SSSR count). The molecule has 1 aromatic rings. The highest BCUT2D eigenvalue weighted by Gasteiger charge is 1.98. The van der Waals surface area contributed by atoms with Gasteiger partial charge in [0.1, 0.15) is 0 Å². The summed E-state index contributed by atoms with van der Waals surface area (Å²) >= 11 is 0. The lowest BCUT2D eigenvalue weighted by atomic mass is 10.2. The largest absolute Gasteiger partial charge is 0.399 e. The Labute approximate surface area is 72.2 Å². The van der Waals surface area contributed by atoms with E-state index in [2.05, 4.69) is 5.32 Å². The Hall–Kier alpha value is -1.22. The van der Waals surface area contributed by atoms with Gasteiger partial charge in [-0.3, -0.25) is 0 Å². The summed E-state index contributed by atoms with van der Waals surface area (Å²) in [5, 5.41) is 11.9. The molecule has 0 spiro atoms. The molecule has 1 unspecified atom stereocenters. The van der Waals surface area contributed by atoms with Crippen LogP contribution in [0.25, 0.3) is 0 Å². The van der Waals surface area contributed by atoms with Gasteiger partial charge in [0.2, 0.25) is 0 Å². The molecule has 1 atom stereocenters. The van der Waals surface area contributed by atoms with Crippen LogP contribution in [0, 0.1) is 0 Å². The third-order valence-electron chi connectivity index (χ3n) is 1.57. The van der Waals surface area contributed by atoms with Crippen molar-refractivity contribution in [3.05, 3.63) is 24.3 Å². The van der Waals surface area contributed by atoms with Crippen molar-refractivity contribution in [3.8, 4) is 0 Å². The Morgan fingerprint density at radius 2 is 2.33 bits per heavy atom. The van der Waals surface area contributed by atoms with Gasteiger partial charge in [-0.15, -0.1) is 0 Å². The van der Waals surface area contributed by atoms with Gasteiger partial charge in [-0.2, -0.15) is 0 Å². The summed E-state index contributed by atoms with van der Waals surface area (Å²) in [5.74, 6) is 0. The van der Waals surface area contributed by atoms with Crippen LogP contribution in [0.5, 0.6) is 0 Å². The molecule has 0 radical (unpaired) electrons. The number of nitrogens with two attached hydrogens (primary N) is 1. The van der Waals surface area contributed by atoms with Crippen molar-refractivity contribution in [2.24, 2.45) is 0 Å². The normalized spacial score (nSPS) is 12.5. The number of aliphatic hydroxyl groups is 1. The van der Waals surface area contributed by atoms with E-state index in [9.17, 15) is 0 Å². The first-order valence-electron chi connectivity index (χ1n) is 3.95. The second-order valence-corrected chi connectivity index (χ2v) is 2.85. The van der Waals surface area contributed by atoms with Gasteiger partial charge in [0.25, 0.3) is 0 Å². The lowest BCUT2D eigenvalue weighted by molar-refractivity contribution is 0.281. The number of nitrogens with one attached hydrogen (secondary N) is 1. The molecule has 1 aromatic carbocycles. The highest BCUT2D eigenvalue weighted by molar-refractivity contribution is 5.54. The number of benzene rings is 1. The van der Waals surface area contributed by atoms with E-state index in [1.165, 1.54) is 0 Å². The molecule has 0 aliphatic heterocycles. The molecule has 12 heavy (non-hydrogen) atoms. The first-order chi connectivity index (χ1) is 5.72. The quantitative estimate of drug-likeness (QED) is 0.588. The van der Waals surface area contributed by atoms with Gasteiger partial charge < -0.3 is 16.2 Å². The summed E-state index contributed by atoms with van der Waals surface area (Å²) in [4.78, 5) is 0. The molecule has 0 aliphatic carbocycles. The predicted octanol–water partition coefficient (Wildman–Crippen LogP) is 1.06. The summed E-state index contributed by atoms with van der Waals surface area (Å²) in [6.45, 7) is 2.03. The fourth-order valence-electron chi connectivity index (χ4n) is 0.959. The maximum absolute atomic E-state index is 8.77. The van der Waals surface area contributed by atoms with Crippen molar-refractivity contribution >= 4 is 11.4 Å². The van der Waals surface area contributed by atoms with Crippen molar-refractivity contribution in [2.45, 2.75) is 13.0 Å². The van der Waals surface area contributed by atoms with Gasteiger partial charge in [0.15, 0.2) is 0 Å². The van der Waals surface area contributed by atoms with Crippen molar-refractivity contribution < 1.29 is 5.11 Å². The summed E-state index contributed by atoms with van der Waals surface area (Å²) in [6, 6.07) is 7.53. The molecule has 0 fully saturated rings. The average Bonchev–Trinajstić information content (AvgIpc) is 2.04. The van der Waals surface area contributed by atoms with Crippen LogP contribution in [0.4, 0.5) is 11.4 Å². The van der Waals surface area contributed by atoms with Crippen molar-refractivity contribution in [1.29, 1.82) is 0 Å². The van der Waals surface area contributed by atoms with Gasteiger partial charge in [-0.25, -0.2) is 0 Å². The van der Waals surface area contributed by atoms with Gasteiger partial charge in [0, 0.05) is 17.4 Å². The summed E-state index contributed by atoms with van der Waals surface area (Å²) in [6.07, 6.45) is 0. The predicted molar refractivity (Wildman–Crippen MR) is 51.0 cm³/mol. The zero-order chi connectivity index (χ0) is 8.97. The molecule has 3 nitrogen and oxygen atoms in total. The molecule has 0 amide bonds. The molecule has 66 valence electrons. The average molecular weight is 166 g/mol. The van der Waals surface area contributed by atoms with Crippen LogP contribution in [0.1, 0.15) is 6.92 Å². The lowest BCUT2D eigenvalue weighted by Crippen LogP contribution is -2.19. The minimum Gasteiger partial charge on any atom is -0.399 e. The SMILES string of the molecule is CC(CO)Nc1cccc(N)c1. The maximum Gasteiger partial charge on any atom is 0.0630 e. The smallest absolute Gasteiger partial charge is 0.0630 e. The molecular weight excluding hydrogens is 152 g/mol. The Morgan fingerprint density at radius 1 is 1.58 bits per heavy atom. The van der Waals surface area contributed by atoms with Gasteiger partial charge in [0.05, 0.1) is 6.61 Å². The van der Waals surface area contributed by atoms with Gasteiger partial charge in [-0.1, -0.05) is 6.07 Å². The van der Waals surface area contributed by atoms with E-state index >= 15 is 0 Å². The van der Waals surface area contributed by atoms with E-state index in [0.29, 0.717) is 0 Å². The molecule has 4 N–H and O–H groups in total. The van der Waals surface area contributed by atoms with Crippen molar-refractivity contribution in [2.75, 3.05) is 17.7 Å². The molecular formula is C9H14N2O. The highest BCUT2D eigenvalue weighted by Crippen LogP contribution is 2.12. The Bertz CT molecular complexity index is 250. The Balaban J connectivity index is 2.63. The zero-order valence-electron chi connectivity index (χ0n) is 7.12. The zero-order valence-corrected chi connectivity index (χ0v) is 7.12. The highest BCUT2D eigenvalue weighted by atomic mass is 16.3. The van der Waals surface area contributed by atoms with Crippen molar-refractivity contribution in [1.82, 2.24) is 0 Å². The minimum absolute atomic E-state index is 0.0619. The topological polar surface area (TPSA) is 58.3 Å². The second-order valence-electron chi connectivity index (χ2n) is 2.85. The Kier molecular flexibility index (Phi) is 2.94. The molecule has 0 saturated carbocycles. The van der Waals surface area contributed by atoms with E-state index in [0.717, 1.165) is 11.4 Å². The number of nitrogen functional groups attached to an aromatic ring is 1. The summed E-state index contributed by atoms with van der Waals surface area (Å²) in [5.41, 5.74) is 7.24. The first kappa shape index (κ1) is 8.87. The fourth-order valence-corrected chi connectivity index (χ4v) is 0.959. The molecule has 0 saturated heterocycles. The van der Waals surface area contributed by atoms with Crippen molar-refractivity contribution in [3.63, 3.8) is 0 Å². The summed E-state index contributed by atoms with van der Waals surface area (Å²) < 4.78 is 0. The number of aliphatic hydroxyl groups excluding tert-OH is 1. The van der Waals surface area contributed by atoms with Crippen LogP contribution >= 0.6 is 0 Å². The molecule has 0 aromatic heterocycles. The minimum atomic E-state index is 0.0619. The van der Waals surface area contributed by atoms with E-state index in [-0.39, 0.29) is 12.6 Å². The van der Waals surface area contributed by atoms with Gasteiger partial charge in [-0.05, 0) is 25.1 Å². The lowest BCUT2D eigenvalue weighted by Gasteiger charge is -2.12. The number of rotatable bonds is 3. The number of hydrogen-bond donors (Lipinski definition) is 3. The van der Waals surface area contributed by atoms with E-state index in [1.54, 1.807) is 0 Å². The Morgan fingerprint density at radius 3 is 2.92 bits per heavy atom. The fraction of sp³-hybridized carbons (Fsp3) is 0.333. The van der Waals surface area contributed by atoms with E-state index in [1.807, 2.05) is 31.2 Å². The van der Waals surface area contributed by atoms with Crippen LogP contribution < -0.4 is 11.1 Å². The van der Waals surface area contributed by atoms with E-state index in [4.69, 9.17) is 10.8 Å². The number of anilines is 2. The van der Waals surface area contributed by atoms with Gasteiger partial charge >= 0.3 is 0 Å². The second kappa shape index (κ2) is 3.97. The molecule has 0 aliphatic rings. The molecule has 0 heterocycles. The molecule has 0 bridgehead atoms. The van der Waals surface area contributed by atoms with Crippen LogP contribution in [-0.4, -0.2) is 17.8 Å². The summed E-state index contributed by atoms with van der Waals surface area (Å²) in [7, 11) is 0. The molecule has 3 heteroatoms. The monoisotopic (exact) mass is 166 g/mol. The first-order valence-corrected chi connectivity index (χ1v) is 3.95. The number of hydrogen-bond acceptors (Lipinski definition) is 3. The van der Waals surface area contributed by atoms with Crippen LogP contribution in [0.2, 0.25) is 0 Å². The third kappa shape index (κ3) is 2.43. The third-order valence-corrected chi connectivity index (χ3v) is 1.57. The van der Waals surface area contributed by atoms with Crippen LogP contribution in [-0.2, 0) is 0 Å². The standard InChI is InChI=1S/C9H14N2O/c1-7(6-12)11-9-4-2-3-8(10)5-9/h2-5,7,11-12H,6,10H2,1H3.